The van der Waals surface area contributed by atoms with Gasteiger partial charge < -0.3 is 0 Å². The summed E-state index contributed by atoms with van der Waals surface area (Å²) in [5.41, 5.74) is 3.38. The summed E-state index contributed by atoms with van der Waals surface area (Å²) in [5, 5.41) is 13.9. The topological polar surface area (TPSA) is 83.9 Å². The van der Waals surface area contributed by atoms with E-state index in [1.165, 1.54) is 12.8 Å². The lowest BCUT2D eigenvalue weighted by atomic mass is 9.82. The van der Waals surface area contributed by atoms with Crippen molar-refractivity contribution in [2.24, 2.45) is 10.9 Å². The molecule has 1 saturated carbocycles. The van der Waals surface area contributed by atoms with Crippen LogP contribution in [0.1, 0.15) is 60.1 Å². The Hall–Kier alpha value is -2.81. The van der Waals surface area contributed by atoms with Crippen LogP contribution in [0, 0.1) is 17.2 Å². The molecule has 0 amide bonds. The van der Waals surface area contributed by atoms with Crippen LogP contribution < -0.4 is 0 Å². The zero-order chi connectivity index (χ0) is 17.0. The van der Waals surface area contributed by atoms with Crippen LogP contribution in [0.3, 0.4) is 0 Å². The van der Waals surface area contributed by atoms with Gasteiger partial charge in [-0.15, -0.1) is 0 Å². The lowest BCUT2D eigenvalue weighted by Crippen LogP contribution is -2.27. The van der Waals surface area contributed by atoms with Crippen molar-refractivity contribution in [3.05, 3.63) is 29.7 Å². The van der Waals surface area contributed by atoms with Gasteiger partial charge in [-0.3, -0.25) is 9.48 Å². The fourth-order valence-electron chi connectivity index (χ4n) is 4.62. The average molecular weight is 331 g/mol. The lowest BCUT2D eigenvalue weighted by molar-refractivity contribution is 0.0967. The molecule has 0 N–H and O–H groups in total. The Bertz CT molecular complexity index is 945. The first-order valence-corrected chi connectivity index (χ1v) is 8.81. The molecule has 0 bridgehead atoms. The summed E-state index contributed by atoms with van der Waals surface area (Å²) in [4.78, 5) is 21.8. The third kappa shape index (κ3) is 1.95. The quantitative estimate of drug-likeness (QED) is 0.860. The van der Waals surface area contributed by atoms with Gasteiger partial charge in [-0.1, -0.05) is 12.8 Å². The average Bonchev–Trinajstić information content (AvgIpc) is 3.37. The van der Waals surface area contributed by atoms with Gasteiger partial charge in [0.1, 0.15) is 5.69 Å². The molecule has 1 aliphatic heterocycles. The molecule has 0 spiro atoms. The van der Waals surface area contributed by atoms with E-state index >= 15 is 0 Å². The fraction of sp³-hybridized carbons (Fsp3) is 0.421. The van der Waals surface area contributed by atoms with E-state index in [0.29, 0.717) is 23.9 Å². The number of rotatable bonds is 3. The van der Waals surface area contributed by atoms with Crippen LogP contribution in [0.4, 0.5) is 5.82 Å². The number of nitrogens with zero attached hydrogens (tertiary/aromatic N) is 5. The van der Waals surface area contributed by atoms with Crippen molar-refractivity contribution in [3.63, 3.8) is 0 Å². The SMILES string of the molecule is N#CC[C@@H](C1CCCC1)n1ncc2c1C(=O)C1C=Nc3nccc-2c31. The Balaban J connectivity index is 1.68. The minimum absolute atomic E-state index is 0.0245. The molecule has 2 atom stereocenters. The van der Waals surface area contributed by atoms with E-state index in [9.17, 15) is 10.1 Å². The number of aromatic nitrogens is 3. The molecule has 0 saturated heterocycles. The molecular weight excluding hydrogens is 314 g/mol. The normalized spacial score (nSPS) is 21.9. The highest BCUT2D eigenvalue weighted by molar-refractivity contribution is 6.18. The molecule has 25 heavy (non-hydrogen) atoms. The van der Waals surface area contributed by atoms with Crippen molar-refractivity contribution in [3.8, 4) is 17.2 Å². The molecule has 2 aromatic heterocycles. The summed E-state index contributed by atoms with van der Waals surface area (Å²) in [6.07, 6.45) is 10.2. The van der Waals surface area contributed by atoms with Crippen molar-refractivity contribution in [2.45, 2.75) is 44.1 Å². The number of hydrogen-bond donors (Lipinski definition) is 0. The molecule has 0 radical (unpaired) electrons. The van der Waals surface area contributed by atoms with E-state index in [1.54, 1.807) is 18.6 Å². The molecule has 5 rings (SSSR count). The Labute approximate surface area is 145 Å². The van der Waals surface area contributed by atoms with Crippen LogP contribution in [-0.4, -0.2) is 26.8 Å². The van der Waals surface area contributed by atoms with Crippen molar-refractivity contribution in [2.75, 3.05) is 0 Å². The maximum Gasteiger partial charge on any atom is 0.194 e. The van der Waals surface area contributed by atoms with Crippen molar-refractivity contribution in [1.82, 2.24) is 14.8 Å². The van der Waals surface area contributed by atoms with Gasteiger partial charge in [0.25, 0.3) is 0 Å². The van der Waals surface area contributed by atoms with Gasteiger partial charge >= 0.3 is 0 Å². The van der Waals surface area contributed by atoms with Crippen LogP contribution in [0.15, 0.2) is 23.5 Å². The minimum Gasteiger partial charge on any atom is -0.291 e. The Morgan fingerprint density at radius 1 is 1.32 bits per heavy atom. The predicted molar refractivity (Wildman–Crippen MR) is 91.9 cm³/mol. The molecular formula is C19H17N5O. The van der Waals surface area contributed by atoms with Gasteiger partial charge in [0, 0.05) is 23.5 Å². The second-order valence-electron chi connectivity index (χ2n) is 7.04. The molecule has 2 aromatic rings. The van der Waals surface area contributed by atoms with E-state index in [0.717, 1.165) is 29.5 Å². The summed E-state index contributed by atoms with van der Waals surface area (Å²) in [6, 6.07) is 4.21. The number of aliphatic imine (C=N–C) groups is 1. The number of carbonyl (C=O) groups is 1. The van der Waals surface area contributed by atoms with Crippen LogP contribution in [0.5, 0.6) is 0 Å². The van der Waals surface area contributed by atoms with Gasteiger partial charge in [0.05, 0.1) is 30.6 Å². The highest BCUT2D eigenvalue weighted by Crippen LogP contribution is 2.47. The van der Waals surface area contributed by atoms with Gasteiger partial charge in [-0.2, -0.15) is 10.4 Å². The first kappa shape index (κ1) is 14.5. The summed E-state index contributed by atoms with van der Waals surface area (Å²) < 4.78 is 1.84. The summed E-state index contributed by atoms with van der Waals surface area (Å²) in [6.45, 7) is 0. The Morgan fingerprint density at radius 3 is 2.96 bits per heavy atom. The number of carbonyl (C=O) groups excluding carboxylic acids is 1. The molecule has 6 heteroatoms. The molecule has 124 valence electrons. The van der Waals surface area contributed by atoms with Crippen LogP contribution in [0.2, 0.25) is 0 Å². The minimum atomic E-state index is -0.368. The summed E-state index contributed by atoms with van der Waals surface area (Å²) in [7, 11) is 0. The van der Waals surface area contributed by atoms with Gasteiger partial charge in [-0.25, -0.2) is 9.98 Å². The molecule has 3 aliphatic rings. The van der Waals surface area contributed by atoms with Gasteiger partial charge in [0.15, 0.2) is 11.6 Å². The van der Waals surface area contributed by atoms with Crippen molar-refractivity contribution < 1.29 is 4.79 Å². The predicted octanol–water partition coefficient (Wildman–Crippen LogP) is 3.59. The molecule has 0 aromatic carbocycles. The smallest absolute Gasteiger partial charge is 0.194 e. The maximum atomic E-state index is 13.2. The number of nitriles is 1. The van der Waals surface area contributed by atoms with E-state index in [1.807, 2.05) is 10.7 Å². The van der Waals surface area contributed by atoms with Crippen molar-refractivity contribution in [1.29, 1.82) is 5.26 Å². The highest BCUT2D eigenvalue weighted by atomic mass is 16.1. The molecule has 1 unspecified atom stereocenters. The van der Waals surface area contributed by atoms with E-state index < -0.39 is 0 Å². The number of hydrogen-bond acceptors (Lipinski definition) is 5. The van der Waals surface area contributed by atoms with Crippen molar-refractivity contribution >= 4 is 17.8 Å². The van der Waals surface area contributed by atoms with Gasteiger partial charge in [0.2, 0.25) is 0 Å². The highest BCUT2D eigenvalue weighted by Gasteiger charge is 2.41. The van der Waals surface area contributed by atoms with E-state index in [2.05, 4.69) is 21.1 Å². The number of Topliss-reactive ketones (excluding diaryl/α,β-unsaturated/α-hetero) is 1. The van der Waals surface area contributed by atoms with Gasteiger partial charge in [-0.05, 0) is 30.4 Å². The Kier molecular flexibility index (Phi) is 3.11. The number of fused-ring (bicyclic) bond motifs is 2. The van der Waals surface area contributed by atoms with Crippen LogP contribution in [0.25, 0.3) is 11.1 Å². The monoisotopic (exact) mass is 331 g/mol. The van der Waals surface area contributed by atoms with Crippen LogP contribution >= 0.6 is 0 Å². The fourth-order valence-corrected chi connectivity index (χ4v) is 4.62. The standard InChI is InChI=1S/C19H17N5O/c20-7-5-15(11-3-1-2-4-11)24-17-13(10-23-24)12-6-8-21-19-16(12)14(9-22-19)18(17)25/h6,8-11,14-15H,1-5H2/t14?,15-/m0/s1. The third-order valence-electron chi connectivity index (χ3n) is 5.79. The lowest BCUT2D eigenvalue weighted by Gasteiger charge is -2.26. The molecule has 3 heterocycles. The number of ketones is 1. The second kappa shape index (κ2) is 5.35. The van der Waals surface area contributed by atoms with Crippen LogP contribution in [-0.2, 0) is 0 Å². The third-order valence-corrected chi connectivity index (χ3v) is 5.79. The second-order valence-corrected chi connectivity index (χ2v) is 7.04. The zero-order valence-corrected chi connectivity index (χ0v) is 13.7. The van der Waals surface area contributed by atoms with E-state index in [4.69, 9.17) is 0 Å². The largest absolute Gasteiger partial charge is 0.291 e. The first-order valence-electron chi connectivity index (χ1n) is 8.81. The number of pyridine rings is 1. The summed E-state index contributed by atoms with van der Waals surface area (Å²) >= 11 is 0. The summed E-state index contributed by atoms with van der Waals surface area (Å²) in [5.74, 6) is 0.714. The van der Waals surface area contributed by atoms with E-state index in [-0.39, 0.29) is 17.7 Å². The Morgan fingerprint density at radius 2 is 2.16 bits per heavy atom. The first-order chi connectivity index (χ1) is 12.3. The molecule has 2 aliphatic carbocycles. The molecule has 1 fully saturated rings. The zero-order valence-electron chi connectivity index (χ0n) is 13.7. The maximum absolute atomic E-state index is 13.2. The molecule has 6 nitrogen and oxygen atoms in total.